The highest BCUT2D eigenvalue weighted by atomic mass is 32.2. The van der Waals surface area contributed by atoms with Gasteiger partial charge in [-0.25, -0.2) is 8.42 Å². The van der Waals surface area contributed by atoms with Gasteiger partial charge in [0.1, 0.15) is 10.0 Å². The quantitative estimate of drug-likeness (QED) is 0.633. The van der Waals surface area contributed by atoms with E-state index in [1.54, 1.807) is 7.05 Å². The van der Waals surface area contributed by atoms with Crippen LogP contribution in [0.4, 0.5) is 16.5 Å². The molecule has 11 heteroatoms. The second-order valence-electron chi connectivity index (χ2n) is 3.52. The summed E-state index contributed by atoms with van der Waals surface area (Å²) in [4.78, 5) is 9.91. The minimum absolute atomic E-state index is 0.157. The van der Waals surface area contributed by atoms with Crippen molar-refractivity contribution in [1.29, 1.82) is 0 Å². The predicted octanol–water partition coefficient (Wildman–Crippen LogP) is 0.773. The second-order valence-corrected chi connectivity index (χ2v) is 6.51. The van der Waals surface area contributed by atoms with Crippen molar-refractivity contribution in [3.8, 4) is 0 Å². The van der Waals surface area contributed by atoms with Crippen LogP contribution in [0.2, 0.25) is 0 Å². The van der Waals surface area contributed by atoms with Gasteiger partial charge in [-0.15, -0.1) is 0 Å². The molecule has 0 unspecified atom stereocenters. The first kappa shape index (κ1) is 13.3. The maximum absolute atomic E-state index is 12.0. The zero-order valence-electron chi connectivity index (χ0n) is 9.60. The number of nitro groups is 1. The van der Waals surface area contributed by atoms with Gasteiger partial charge in [0.15, 0.2) is 5.00 Å². The maximum atomic E-state index is 12.0. The molecule has 2 aromatic heterocycles. The molecule has 9 nitrogen and oxygen atoms in total. The number of rotatable bonds is 4. The van der Waals surface area contributed by atoms with Gasteiger partial charge in [0, 0.05) is 19.2 Å². The molecule has 0 saturated heterocycles. The fourth-order valence-electron chi connectivity index (χ4n) is 1.31. The Bertz CT molecular complexity index is 732. The molecule has 3 N–H and O–H groups in total. The van der Waals surface area contributed by atoms with Crippen molar-refractivity contribution in [3.63, 3.8) is 0 Å². The molecule has 19 heavy (non-hydrogen) atoms. The molecule has 0 atom stereocenters. The van der Waals surface area contributed by atoms with Crippen molar-refractivity contribution >= 4 is 37.9 Å². The molecule has 2 rings (SSSR count). The Morgan fingerprint density at radius 3 is 2.74 bits per heavy atom. The van der Waals surface area contributed by atoms with E-state index in [9.17, 15) is 18.5 Å². The van der Waals surface area contributed by atoms with E-state index in [4.69, 9.17) is 5.73 Å². The monoisotopic (exact) mass is 303 g/mol. The SMILES string of the molecule is Cn1nccc1NS(=O)(=O)c1cc([N+](=O)[O-])c(N)s1. The van der Waals surface area contributed by atoms with Crippen LogP contribution < -0.4 is 10.5 Å². The Balaban J connectivity index is 2.38. The van der Waals surface area contributed by atoms with Crippen molar-refractivity contribution in [1.82, 2.24) is 9.78 Å². The summed E-state index contributed by atoms with van der Waals surface area (Å²) in [5.41, 5.74) is 4.99. The summed E-state index contributed by atoms with van der Waals surface area (Å²) in [5.74, 6) is 0.245. The lowest BCUT2D eigenvalue weighted by molar-refractivity contribution is -0.383. The maximum Gasteiger partial charge on any atom is 0.304 e. The van der Waals surface area contributed by atoms with Crippen LogP contribution in [0.1, 0.15) is 0 Å². The summed E-state index contributed by atoms with van der Waals surface area (Å²) in [7, 11) is -2.36. The van der Waals surface area contributed by atoms with Gasteiger partial charge in [0.05, 0.1) is 11.1 Å². The van der Waals surface area contributed by atoms with Crippen LogP contribution in [-0.4, -0.2) is 23.1 Å². The lowest BCUT2D eigenvalue weighted by Gasteiger charge is -2.05. The largest absolute Gasteiger partial charge is 0.385 e. The number of aryl methyl sites for hydroxylation is 1. The minimum Gasteiger partial charge on any atom is -0.385 e. The van der Waals surface area contributed by atoms with E-state index in [1.165, 1.54) is 16.9 Å². The van der Waals surface area contributed by atoms with Crippen LogP contribution in [0.15, 0.2) is 22.5 Å². The molecule has 0 saturated carbocycles. The zero-order valence-corrected chi connectivity index (χ0v) is 11.2. The van der Waals surface area contributed by atoms with Crippen LogP contribution in [0, 0.1) is 10.1 Å². The highest BCUT2D eigenvalue weighted by molar-refractivity contribution is 7.94. The normalized spacial score (nSPS) is 11.4. The first-order valence-corrected chi connectivity index (χ1v) is 7.16. The van der Waals surface area contributed by atoms with E-state index in [0.29, 0.717) is 11.3 Å². The van der Waals surface area contributed by atoms with Crippen molar-refractivity contribution in [2.24, 2.45) is 7.05 Å². The number of nitrogen functional groups attached to an aromatic ring is 1. The molecule has 0 radical (unpaired) electrons. The minimum atomic E-state index is -3.92. The average molecular weight is 303 g/mol. The third-order valence-electron chi connectivity index (χ3n) is 2.24. The van der Waals surface area contributed by atoms with E-state index in [1.807, 2.05) is 0 Å². The van der Waals surface area contributed by atoms with Crippen molar-refractivity contribution in [2.45, 2.75) is 4.21 Å². The fourth-order valence-corrected chi connectivity index (χ4v) is 3.61. The number of anilines is 2. The van der Waals surface area contributed by atoms with Gasteiger partial charge in [-0.2, -0.15) is 5.10 Å². The lowest BCUT2D eigenvalue weighted by Crippen LogP contribution is -2.14. The van der Waals surface area contributed by atoms with Gasteiger partial charge in [-0.1, -0.05) is 11.3 Å². The molecule has 0 aliphatic rings. The van der Waals surface area contributed by atoms with Gasteiger partial charge in [0.2, 0.25) is 0 Å². The number of aromatic nitrogens is 2. The molecular weight excluding hydrogens is 294 g/mol. The number of thiophene rings is 1. The third-order valence-corrected chi connectivity index (χ3v) is 5.02. The number of sulfonamides is 1. The first-order valence-electron chi connectivity index (χ1n) is 4.86. The average Bonchev–Trinajstić information content (AvgIpc) is 2.86. The lowest BCUT2D eigenvalue weighted by atomic mass is 10.5. The summed E-state index contributed by atoms with van der Waals surface area (Å²) < 4.78 is 27.4. The highest BCUT2D eigenvalue weighted by Crippen LogP contribution is 2.34. The number of hydrogen-bond acceptors (Lipinski definition) is 7. The van der Waals surface area contributed by atoms with E-state index >= 15 is 0 Å². The van der Waals surface area contributed by atoms with Crippen LogP contribution in [0.25, 0.3) is 0 Å². The smallest absolute Gasteiger partial charge is 0.304 e. The van der Waals surface area contributed by atoms with Crippen molar-refractivity contribution in [3.05, 3.63) is 28.4 Å². The molecule has 2 heterocycles. The molecule has 0 aliphatic carbocycles. The summed E-state index contributed by atoms with van der Waals surface area (Å²) >= 11 is 0.633. The van der Waals surface area contributed by atoms with Crippen LogP contribution in [0.5, 0.6) is 0 Å². The molecular formula is C8H9N5O4S2. The molecule has 0 bridgehead atoms. The zero-order chi connectivity index (χ0) is 14.2. The molecule has 0 aromatic carbocycles. The van der Waals surface area contributed by atoms with Gasteiger partial charge >= 0.3 is 5.69 Å². The Kier molecular flexibility index (Phi) is 3.16. The van der Waals surface area contributed by atoms with E-state index in [-0.39, 0.29) is 15.0 Å². The molecule has 0 amide bonds. The fraction of sp³-hybridized carbons (Fsp3) is 0.125. The van der Waals surface area contributed by atoms with Crippen LogP contribution >= 0.6 is 11.3 Å². The van der Waals surface area contributed by atoms with Gasteiger partial charge < -0.3 is 5.73 Å². The van der Waals surface area contributed by atoms with E-state index in [0.717, 1.165) is 6.07 Å². The molecule has 102 valence electrons. The van der Waals surface area contributed by atoms with Gasteiger partial charge in [-0.05, 0) is 0 Å². The van der Waals surface area contributed by atoms with Crippen LogP contribution in [0.3, 0.4) is 0 Å². The van der Waals surface area contributed by atoms with E-state index < -0.39 is 20.6 Å². The molecule has 0 spiro atoms. The Hall–Kier alpha value is -2.14. The number of nitrogens with one attached hydrogen (secondary N) is 1. The van der Waals surface area contributed by atoms with Crippen molar-refractivity contribution < 1.29 is 13.3 Å². The first-order chi connectivity index (χ1) is 8.81. The standard InChI is InChI=1S/C8H9N5O4S2/c1-12-6(2-3-10-12)11-19(16,17)7-4-5(13(14)15)8(9)18-7/h2-4,11H,9H2,1H3. The summed E-state index contributed by atoms with van der Waals surface area (Å²) in [5, 5.41) is 14.3. The topological polar surface area (TPSA) is 133 Å². The molecule has 0 fully saturated rings. The highest BCUT2D eigenvalue weighted by Gasteiger charge is 2.25. The second kappa shape index (κ2) is 4.51. The third kappa shape index (κ3) is 2.51. The number of hydrogen-bond donors (Lipinski definition) is 2. The van der Waals surface area contributed by atoms with Crippen LogP contribution in [-0.2, 0) is 17.1 Å². The summed E-state index contributed by atoms with van der Waals surface area (Å²) in [6, 6.07) is 2.39. The number of nitrogens with zero attached hydrogens (tertiary/aromatic N) is 3. The molecule has 0 aliphatic heterocycles. The van der Waals surface area contributed by atoms with Gasteiger partial charge in [-0.3, -0.25) is 19.5 Å². The van der Waals surface area contributed by atoms with Crippen molar-refractivity contribution in [2.75, 3.05) is 10.5 Å². The predicted molar refractivity (Wildman–Crippen MR) is 69.4 cm³/mol. The Morgan fingerprint density at radius 1 is 1.58 bits per heavy atom. The van der Waals surface area contributed by atoms with E-state index in [2.05, 4.69) is 9.82 Å². The summed E-state index contributed by atoms with van der Waals surface area (Å²) in [6.07, 6.45) is 1.42. The molecule has 2 aromatic rings. The number of nitrogens with two attached hydrogens (primary N) is 1. The Labute approximate surface area is 111 Å². The Morgan fingerprint density at radius 2 is 2.26 bits per heavy atom. The van der Waals surface area contributed by atoms with Gasteiger partial charge in [0.25, 0.3) is 10.0 Å². The summed E-state index contributed by atoms with van der Waals surface area (Å²) in [6.45, 7) is 0.